The van der Waals surface area contributed by atoms with Crippen LogP contribution in [-0.4, -0.2) is 53.3 Å². The third-order valence-corrected chi connectivity index (χ3v) is 5.99. The fourth-order valence-corrected chi connectivity index (χ4v) is 4.47. The molecule has 0 aliphatic carbocycles. The fraction of sp³-hybridized carbons (Fsp3) is 0.609. The Balaban J connectivity index is 1.69. The zero-order chi connectivity index (χ0) is 20.6. The first kappa shape index (κ1) is 20.7. The summed E-state index contributed by atoms with van der Waals surface area (Å²) in [5, 5.41) is 0. The monoisotopic (exact) mass is 386 g/mol. The second-order valence-corrected chi connectivity index (χ2v) is 9.05. The highest BCUT2D eigenvalue weighted by atomic mass is 16.6. The third-order valence-electron chi connectivity index (χ3n) is 5.99. The SMILES string of the molecule is C=CCOc1ccc([C@H](C)N2C[C@@H]3C[C@H]2CN3C(=O)OC(C)(C)C)c(C)c1C. The number of piperazine rings is 1. The Bertz CT molecular complexity index is 753. The smallest absolute Gasteiger partial charge is 0.410 e. The summed E-state index contributed by atoms with van der Waals surface area (Å²) in [6.07, 6.45) is 2.62. The molecule has 1 aromatic carbocycles. The molecule has 0 unspecified atom stereocenters. The molecule has 5 nitrogen and oxygen atoms in total. The molecule has 2 fully saturated rings. The van der Waals surface area contributed by atoms with Crippen molar-refractivity contribution in [2.24, 2.45) is 0 Å². The molecule has 2 heterocycles. The summed E-state index contributed by atoms with van der Waals surface area (Å²) in [7, 11) is 0. The molecule has 0 N–H and O–H groups in total. The molecule has 5 heteroatoms. The predicted molar refractivity (Wildman–Crippen MR) is 112 cm³/mol. The number of amides is 1. The lowest BCUT2D eigenvalue weighted by Gasteiger charge is -2.38. The van der Waals surface area contributed by atoms with Gasteiger partial charge in [-0.25, -0.2) is 4.79 Å². The van der Waals surface area contributed by atoms with Crippen molar-refractivity contribution in [1.29, 1.82) is 0 Å². The van der Waals surface area contributed by atoms with E-state index < -0.39 is 5.60 Å². The van der Waals surface area contributed by atoms with Crippen LogP contribution >= 0.6 is 0 Å². The molecule has 154 valence electrons. The Morgan fingerprint density at radius 2 is 1.96 bits per heavy atom. The molecule has 3 rings (SSSR count). The Labute approximate surface area is 169 Å². The maximum atomic E-state index is 12.5. The van der Waals surface area contributed by atoms with Crippen molar-refractivity contribution < 1.29 is 14.3 Å². The van der Waals surface area contributed by atoms with Crippen LogP contribution in [0.5, 0.6) is 5.75 Å². The largest absolute Gasteiger partial charge is 0.489 e. The van der Waals surface area contributed by atoms with Crippen LogP contribution in [0.3, 0.4) is 0 Å². The summed E-state index contributed by atoms with van der Waals surface area (Å²) in [6.45, 7) is 18.2. The number of benzene rings is 1. The van der Waals surface area contributed by atoms with Gasteiger partial charge in [-0.15, -0.1) is 0 Å². The number of nitrogens with zero attached hydrogens (tertiary/aromatic N) is 2. The Kier molecular flexibility index (Phi) is 5.76. The molecule has 2 saturated heterocycles. The number of ether oxygens (including phenoxy) is 2. The molecule has 0 saturated carbocycles. The number of carbonyl (C=O) groups excluding carboxylic acids is 1. The van der Waals surface area contributed by atoms with E-state index in [-0.39, 0.29) is 12.1 Å². The molecule has 0 spiro atoms. The zero-order valence-corrected chi connectivity index (χ0v) is 18.1. The minimum Gasteiger partial charge on any atom is -0.489 e. The summed E-state index contributed by atoms with van der Waals surface area (Å²) < 4.78 is 11.3. The van der Waals surface area contributed by atoms with E-state index in [9.17, 15) is 4.79 Å². The van der Waals surface area contributed by atoms with Gasteiger partial charge in [0.2, 0.25) is 0 Å². The van der Waals surface area contributed by atoms with Gasteiger partial charge in [0, 0.05) is 31.2 Å². The summed E-state index contributed by atoms with van der Waals surface area (Å²) in [4.78, 5) is 16.9. The van der Waals surface area contributed by atoms with Crippen molar-refractivity contribution in [2.45, 2.75) is 71.7 Å². The second kappa shape index (κ2) is 7.78. The van der Waals surface area contributed by atoms with Crippen LogP contribution in [0.4, 0.5) is 4.79 Å². The summed E-state index contributed by atoms with van der Waals surface area (Å²) in [5.74, 6) is 0.924. The molecular formula is C23H34N2O3. The Morgan fingerprint density at radius 3 is 2.54 bits per heavy atom. The molecule has 28 heavy (non-hydrogen) atoms. The van der Waals surface area contributed by atoms with E-state index >= 15 is 0 Å². The second-order valence-electron chi connectivity index (χ2n) is 9.05. The van der Waals surface area contributed by atoms with Crippen molar-refractivity contribution in [3.05, 3.63) is 41.5 Å². The Morgan fingerprint density at radius 1 is 1.25 bits per heavy atom. The molecule has 1 amide bonds. The number of hydrogen-bond donors (Lipinski definition) is 0. The standard InChI is InChI=1S/C23H34N2O3/c1-8-11-27-21-10-9-20(15(2)16(21)3)17(4)24-13-19-12-18(24)14-25(19)22(26)28-23(5,6)7/h8-10,17-19H,1,11-14H2,2-7H3/t17-,18-,19-/m0/s1. The van der Waals surface area contributed by atoms with Crippen LogP contribution in [0.25, 0.3) is 0 Å². The van der Waals surface area contributed by atoms with Crippen molar-refractivity contribution in [3.63, 3.8) is 0 Å². The molecule has 2 aliphatic rings. The number of carbonyl (C=O) groups is 1. The van der Waals surface area contributed by atoms with Crippen LogP contribution < -0.4 is 4.74 Å². The topological polar surface area (TPSA) is 42.0 Å². The first-order valence-corrected chi connectivity index (χ1v) is 10.2. The van der Waals surface area contributed by atoms with E-state index in [0.717, 1.165) is 25.3 Å². The highest BCUT2D eigenvalue weighted by molar-refractivity contribution is 5.69. The number of fused-ring (bicyclic) bond motifs is 2. The van der Waals surface area contributed by atoms with E-state index in [1.807, 2.05) is 25.7 Å². The quantitative estimate of drug-likeness (QED) is 0.693. The highest BCUT2D eigenvalue weighted by Gasteiger charge is 2.48. The van der Waals surface area contributed by atoms with E-state index in [1.54, 1.807) is 6.08 Å². The van der Waals surface area contributed by atoms with Gasteiger partial charge in [-0.05, 0) is 70.7 Å². The lowest BCUT2D eigenvalue weighted by atomic mass is 9.96. The first-order chi connectivity index (χ1) is 13.1. The van der Waals surface area contributed by atoms with Crippen LogP contribution in [0.1, 0.15) is 56.8 Å². The van der Waals surface area contributed by atoms with E-state index in [0.29, 0.717) is 18.7 Å². The van der Waals surface area contributed by atoms with Crippen LogP contribution in [0.15, 0.2) is 24.8 Å². The van der Waals surface area contributed by atoms with E-state index in [4.69, 9.17) is 9.47 Å². The molecule has 0 radical (unpaired) electrons. The molecular weight excluding hydrogens is 352 g/mol. The molecule has 2 bridgehead atoms. The average molecular weight is 387 g/mol. The van der Waals surface area contributed by atoms with Gasteiger partial charge in [-0.1, -0.05) is 18.7 Å². The van der Waals surface area contributed by atoms with Gasteiger partial charge in [0.25, 0.3) is 0 Å². The maximum Gasteiger partial charge on any atom is 0.410 e. The van der Waals surface area contributed by atoms with Crippen LogP contribution in [0.2, 0.25) is 0 Å². The zero-order valence-electron chi connectivity index (χ0n) is 18.1. The molecule has 2 aliphatic heterocycles. The van der Waals surface area contributed by atoms with Crippen LogP contribution in [-0.2, 0) is 4.74 Å². The summed E-state index contributed by atoms with van der Waals surface area (Å²) in [5.41, 5.74) is 3.35. The number of likely N-dealkylation sites (tertiary alicyclic amines) is 2. The third kappa shape index (κ3) is 4.04. The minimum absolute atomic E-state index is 0.178. The van der Waals surface area contributed by atoms with Crippen LogP contribution in [0, 0.1) is 13.8 Å². The average Bonchev–Trinajstić information content (AvgIpc) is 3.22. The fourth-order valence-electron chi connectivity index (χ4n) is 4.47. The lowest BCUT2D eigenvalue weighted by molar-refractivity contribution is 0.00961. The molecule has 0 aromatic heterocycles. The van der Waals surface area contributed by atoms with Gasteiger partial charge in [0.15, 0.2) is 0 Å². The van der Waals surface area contributed by atoms with Crippen molar-refractivity contribution in [2.75, 3.05) is 19.7 Å². The minimum atomic E-state index is -0.448. The van der Waals surface area contributed by atoms with E-state index in [2.05, 4.69) is 44.4 Å². The first-order valence-electron chi connectivity index (χ1n) is 10.2. The van der Waals surface area contributed by atoms with Crippen molar-refractivity contribution in [1.82, 2.24) is 9.80 Å². The van der Waals surface area contributed by atoms with Gasteiger partial charge in [0.1, 0.15) is 18.0 Å². The van der Waals surface area contributed by atoms with Crippen molar-refractivity contribution in [3.8, 4) is 5.75 Å². The van der Waals surface area contributed by atoms with Gasteiger partial charge < -0.3 is 14.4 Å². The summed E-state index contributed by atoms with van der Waals surface area (Å²) in [6, 6.07) is 5.20. The Hall–Kier alpha value is -2.01. The molecule has 1 aromatic rings. The molecule has 3 atom stereocenters. The van der Waals surface area contributed by atoms with Gasteiger partial charge in [-0.3, -0.25) is 4.90 Å². The lowest BCUT2D eigenvalue weighted by Crippen LogP contribution is -2.50. The maximum absolute atomic E-state index is 12.5. The number of rotatable bonds is 5. The normalized spacial score (nSPS) is 23.0. The number of hydrogen-bond acceptors (Lipinski definition) is 4. The highest BCUT2D eigenvalue weighted by Crippen LogP contribution is 2.39. The summed E-state index contributed by atoms with van der Waals surface area (Å²) >= 11 is 0. The van der Waals surface area contributed by atoms with Gasteiger partial charge in [-0.2, -0.15) is 0 Å². The van der Waals surface area contributed by atoms with Gasteiger partial charge in [0.05, 0.1) is 0 Å². The van der Waals surface area contributed by atoms with Crippen molar-refractivity contribution >= 4 is 6.09 Å². The predicted octanol–water partition coefficient (Wildman–Crippen LogP) is 4.62. The van der Waals surface area contributed by atoms with E-state index in [1.165, 1.54) is 16.7 Å². The van der Waals surface area contributed by atoms with Gasteiger partial charge >= 0.3 is 6.09 Å².